The summed E-state index contributed by atoms with van der Waals surface area (Å²) in [7, 11) is 0. The summed E-state index contributed by atoms with van der Waals surface area (Å²) in [6.45, 7) is 12.7. The average Bonchev–Trinajstić information content (AvgIpc) is 2.11. The maximum Gasteiger partial charge on any atom is 0.410 e. The van der Waals surface area contributed by atoms with Crippen molar-refractivity contribution in [1.29, 1.82) is 0 Å². The lowest BCUT2D eigenvalue weighted by molar-refractivity contribution is -0.00834. The summed E-state index contributed by atoms with van der Waals surface area (Å²) in [5, 5.41) is 3.29. The molecule has 1 N–H and O–H groups in total. The van der Waals surface area contributed by atoms with E-state index in [0.717, 1.165) is 32.7 Å². The van der Waals surface area contributed by atoms with Gasteiger partial charge in [0.25, 0.3) is 0 Å². The van der Waals surface area contributed by atoms with Crippen molar-refractivity contribution in [3.05, 3.63) is 0 Å². The zero-order valence-electron chi connectivity index (χ0n) is 11.9. The third-order valence-electron chi connectivity index (χ3n) is 3.56. The van der Waals surface area contributed by atoms with Crippen molar-refractivity contribution in [3.63, 3.8) is 0 Å². The van der Waals surface area contributed by atoms with E-state index >= 15 is 0 Å². The third-order valence-corrected chi connectivity index (χ3v) is 3.56. The van der Waals surface area contributed by atoms with Gasteiger partial charge in [0.15, 0.2) is 0 Å². The van der Waals surface area contributed by atoms with E-state index in [1.165, 1.54) is 0 Å². The van der Waals surface area contributed by atoms with Crippen molar-refractivity contribution in [2.45, 2.75) is 45.4 Å². The first kappa shape index (κ1) is 13.6. The van der Waals surface area contributed by atoms with E-state index in [1.807, 2.05) is 25.7 Å². The molecule has 0 spiro atoms. The molecule has 0 aromatic heterocycles. The average molecular weight is 255 g/mol. The predicted molar refractivity (Wildman–Crippen MR) is 70.6 cm³/mol. The molecule has 1 atom stereocenters. The van der Waals surface area contributed by atoms with Crippen LogP contribution < -0.4 is 5.32 Å². The van der Waals surface area contributed by atoms with Gasteiger partial charge in [-0.1, -0.05) is 0 Å². The summed E-state index contributed by atoms with van der Waals surface area (Å²) in [6.07, 6.45) is -0.179. The second kappa shape index (κ2) is 5.05. The quantitative estimate of drug-likeness (QED) is 0.756. The van der Waals surface area contributed by atoms with Gasteiger partial charge in [0.1, 0.15) is 5.60 Å². The summed E-state index contributed by atoms with van der Waals surface area (Å²) >= 11 is 0. The highest BCUT2D eigenvalue weighted by atomic mass is 16.6. The summed E-state index contributed by atoms with van der Waals surface area (Å²) in [4.78, 5) is 16.4. The van der Waals surface area contributed by atoms with E-state index in [1.54, 1.807) is 0 Å². The molecule has 2 aliphatic rings. The molecular weight excluding hydrogens is 230 g/mol. The Labute approximate surface area is 109 Å². The van der Waals surface area contributed by atoms with Gasteiger partial charge in [0.05, 0.1) is 0 Å². The monoisotopic (exact) mass is 255 g/mol. The Hall–Kier alpha value is -0.810. The lowest BCUT2D eigenvalue weighted by Gasteiger charge is -2.46. The molecule has 5 heteroatoms. The molecule has 2 saturated heterocycles. The Bertz CT molecular complexity index is 310. The van der Waals surface area contributed by atoms with Crippen LogP contribution in [0.25, 0.3) is 0 Å². The number of hydrogen-bond donors (Lipinski definition) is 1. The minimum absolute atomic E-state index is 0.179. The maximum atomic E-state index is 12.1. The van der Waals surface area contributed by atoms with Crippen molar-refractivity contribution < 1.29 is 9.53 Å². The van der Waals surface area contributed by atoms with Crippen molar-refractivity contribution >= 4 is 6.09 Å². The number of carbonyl (C=O) groups is 1. The number of carbonyl (C=O) groups excluding carboxylic acids is 1. The fraction of sp³-hybridized carbons (Fsp3) is 0.923. The minimum Gasteiger partial charge on any atom is -0.444 e. The molecule has 2 heterocycles. The van der Waals surface area contributed by atoms with E-state index in [0.29, 0.717) is 6.04 Å². The maximum absolute atomic E-state index is 12.1. The number of rotatable bonds is 1. The minimum atomic E-state index is -0.411. The van der Waals surface area contributed by atoms with Crippen LogP contribution in [0.15, 0.2) is 0 Å². The van der Waals surface area contributed by atoms with Crippen molar-refractivity contribution in [2.75, 3.05) is 32.7 Å². The van der Waals surface area contributed by atoms with Crippen LogP contribution in [0.2, 0.25) is 0 Å². The standard InChI is InChI=1S/C13H25N3O2/c1-10-9-15(11-7-14-8-11)5-6-16(10)12(17)18-13(2,3)4/h10-11,14H,5-9H2,1-4H3/t10-/m0/s1. The van der Waals surface area contributed by atoms with Crippen LogP contribution in [0.1, 0.15) is 27.7 Å². The van der Waals surface area contributed by atoms with Crippen molar-refractivity contribution in [3.8, 4) is 0 Å². The molecule has 5 nitrogen and oxygen atoms in total. The fourth-order valence-corrected chi connectivity index (χ4v) is 2.44. The van der Waals surface area contributed by atoms with Gasteiger partial charge in [0, 0.05) is 44.8 Å². The number of amides is 1. The van der Waals surface area contributed by atoms with Gasteiger partial charge < -0.3 is 15.0 Å². The molecule has 0 aromatic carbocycles. The van der Waals surface area contributed by atoms with Gasteiger partial charge in [0.2, 0.25) is 0 Å². The summed E-state index contributed by atoms with van der Waals surface area (Å²) in [6, 6.07) is 0.891. The first-order valence-corrected chi connectivity index (χ1v) is 6.81. The van der Waals surface area contributed by atoms with E-state index < -0.39 is 5.60 Å². The van der Waals surface area contributed by atoms with Crippen LogP contribution in [0.4, 0.5) is 4.79 Å². The summed E-state index contributed by atoms with van der Waals surface area (Å²) in [5.74, 6) is 0. The summed E-state index contributed by atoms with van der Waals surface area (Å²) in [5.41, 5.74) is -0.411. The highest BCUT2D eigenvalue weighted by molar-refractivity contribution is 5.68. The molecule has 2 fully saturated rings. The highest BCUT2D eigenvalue weighted by Crippen LogP contribution is 2.17. The molecule has 0 aliphatic carbocycles. The largest absolute Gasteiger partial charge is 0.444 e. The van der Waals surface area contributed by atoms with E-state index in [-0.39, 0.29) is 12.1 Å². The fourth-order valence-electron chi connectivity index (χ4n) is 2.44. The van der Waals surface area contributed by atoms with Gasteiger partial charge in [-0.05, 0) is 27.7 Å². The third kappa shape index (κ3) is 3.14. The Morgan fingerprint density at radius 1 is 1.28 bits per heavy atom. The topological polar surface area (TPSA) is 44.8 Å². The lowest BCUT2D eigenvalue weighted by Crippen LogP contribution is -2.64. The van der Waals surface area contributed by atoms with Crippen LogP contribution >= 0.6 is 0 Å². The first-order valence-electron chi connectivity index (χ1n) is 6.81. The second-order valence-electron chi connectivity index (χ2n) is 6.33. The van der Waals surface area contributed by atoms with Gasteiger partial charge in [-0.25, -0.2) is 4.79 Å². The number of ether oxygens (including phenoxy) is 1. The molecule has 2 rings (SSSR count). The second-order valence-corrected chi connectivity index (χ2v) is 6.33. The Kier molecular flexibility index (Phi) is 3.82. The zero-order chi connectivity index (χ0) is 13.3. The molecule has 0 aromatic rings. The van der Waals surface area contributed by atoms with E-state index in [2.05, 4.69) is 17.1 Å². The molecule has 0 bridgehead atoms. The highest BCUT2D eigenvalue weighted by Gasteiger charge is 2.34. The number of piperazine rings is 1. The molecule has 0 radical (unpaired) electrons. The normalized spacial score (nSPS) is 26.9. The first-order chi connectivity index (χ1) is 8.37. The van der Waals surface area contributed by atoms with E-state index in [9.17, 15) is 4.79 Å². The Morgan fingerprint density at radius 3 is 2.39 bits per heavy atom. The van der Waals surface area contributed by atoms with Crippen LogP contribution in [0, 0.1) is 0 Å². The smallest absolute Gasteiger partial charge is 0.410 e. The molecule has 0 unspecified atom stereocenters. The molecule has 0 saturated carbocycles. The SMILES string of the molecule is C[C@H]1CN(C2CNC2)CCN1C(=O)OC(C)(C)C. The van der Waals surface area contributed by atoms with Crippen LogP contribution in [0.5, 0.6) is 0 Å². The zero-order valence-corrected chi connectivity index (χ0v) is 11.9. The van der Waals surface area contributed by atoms with Crippen LogP contribution in [-0.2, 0) is 4.74 Å². The van der Waals surface area contributed by atoms with Gasteiger partial charge >= 0.3 is 6.09 Å². The lowest BCUT2D eigenvalue weighted by atomic mass is 10.1. The van der Waals surface area contributed by atoms with Crippen LogP contribution in [0.3, 0.4) is 0 Å². The van der Waals surface area contributed by atoms with Gasteiger partial charge in [-0.2, -0.15) is 0 Å². The molecular formula is C13H25N3O2. The summed E-state index contributed by atoms with van der Waals surface area (Å²) < 4.78 is 5.44. The molecule has 1 amide bonds. The number of nitrogens with one attached hydrogen (secondary N) is 1. The number of hydrogen-bond acceptors (Lipinski definition) is 4. The van der Waals surface area contributed by atoms with Crippen molar-refractivity contribution in [1.82, 2.24) is 15.1 Å². The van der Waals surface area contributed by atoms with Gasteiger partial charge in [-0.15, -0.1) is 0 Å². The van der Waals surface area contributed by atoms with Gasteiger partial charge in [-0.3, -0.25) is 4.90 Å². The molecule has 18 heavy (non-hydrogen) atoms. The van der Waals surface area contributed by atoms with Crippen LogP contribution in [-0.4, -0.2) is 66.3 Å². The Morgan fingerprint density at radius 2 is 1.94 bits per heavy atom. The molecule has 2 aliphatic heterocycles. The number of nitrogens with zero attached hydrogens (tertiary/aromatic N) is 2. The molecule has 104 valence electrons. The van der Waals surface area contributed by atoms with E-state index in [4.69, 9.17) is 4.74 Å². The predicted octanol–water partition coefficient (Wildman–Crippen LogP) is 0.899. The van der Waals surface area contributed by atoms with Crippen molar-refractivity contribution in [2.24, 2.45) is 0 Å². The Balaban J connectivity index is 1.86.